The Hall–Kier alpha value is -1.82. The van der Waals surface area contributed by atoms with E-state index in [0.717, 1.165) is 6.42 Å². The summed E-state index contributed by atoms with van der Waals surface area (Å²) < 4.78 is 0. The average Bonchev–Trinajstić information content (AvgIpc) is 2.48. The Morgan fingerprint density at radius 2 is 1.89 bits per heavy atom. The van der Waals surface area contributed by atoms with E-state index >= 15 is 0 Å². The van der Waals surface area contributed by atoms with Crippen LogP contribution in [0.25, 0.3) is 10.8 Å². The van der Waals surface area contributed by atoms with Gasteiger partial charge in [-0.15, -0.1) is 0 Å². The SMILES string of the molecule is CC(Cc1cccc2ccccc12)C1C=CC=CC1. The van der Waals surface area contributed by atoms with Crippen LogP contribution in [0.2, 0.25) is 0 Å². The van der Waals surface area contributed by atoms with Gasteiger partial charge in [0.2, 0.25) is 0 Å². The molecule has 0 saturated carbocycles. The molecule has 0 bridgehead atoms. The summed E-state index contributed by atoms with van der Waals surface area (Å²) in [7, 11) is 0. The van der Waals surface area contributed by atoms with Gasteiger partial charge in [-0.05, 0) is 41.0 Å². The van der Waals surface area contributed by atoms with Gasteiger partial charge in [0.15, 0.2) is 0 Å². The van der Waals surface area contributed by atoms with Crippen molar-refractivity contribution in [3.63, 3.8) is 0 Å². The number of fused-ring (bicyclic) bond motifs is 1. The van der Waals surface area contributed by atoms with E-state index in [1.807, 2.05) is 0 Å². The molecule has 0 heteroatoms. The standard InChI is InChI=1S/C19H20/c1-15(16-8-3-2-4-9-16)14-18-12-7-11-17-10-5-6-13-19(17)18/h2-8,10-13,15-16H,9,14H2,1H3. The summed E-state index contributed by atoms with van der Waals surface area (Å²) in [6, 6.07) is 15.4. The van der Waals surface area contributed by atoms with Gasteiger partial charge < -0.3 is 0 Å². The fourth-order valence-electron chi connectivity index (χ4n) is 2.99. The first-order chi connectivity index (χ1) is 9.34. The first kappa shape index (κ1) is 12.2. The largest absolute Gasteiger partial charge is 0.0840 e. The predicted molar refractivity (Wildman–Crippen MR) is 83.2 cm³/mol. The van der Waals surface area contributed by atoms with Gasteiger partial charge in [0.1, 0.15) is 0 Å². The molecular weight excluding hydrogens is 228 g/mol. The zero-order valence-corrected chi connectivity index (χ0v) is 11.4. The maximum Gasteiger partial charge on any atom is -0.0152 e. The highest BCUT2D eigenvalue weighted by Crippen LogP contribution is 2.27. The van der Waals surface area contributed by atoms with Crippen LogP contribution in [0.15, 0.2) is 66.8 Å². The van der Waals surface area contributed by atoms with Crippen LogP contribution in [-0.4, -0.2) is 0 Å². The summed E-state index contributed by atoms with van der Waals surface area (Å²) in [4.78, 5) is 0. The highest BCUT2D eigenvalue weighted by Gasteiger charge is 2.15. The highest BCUT2D eigenvalue weighted by molar-refractivity contribution is 5.85. The lowest BCUT2D eigenvalue weighted by atomic mass is 9.83. The van der Waals surface area contributed by atoms with Crippen LogP contribution in [0.3, 0.4) is 0 Å². The molecule has 19 heavy (non-hydrogen) atoms. The second-order valence-corrected chi connectivity index (χ2v) is 5.53. The Morgan fingerprint density at radius 3 is 2.74 bits per heavy atom. The molecule has 2 aromatic carbocycles. The molecule has 0 radical (unpaired) electrons. The van der Waals surface area contributed by atoms with Gasteiger partial charge in [0.05, 0.1) is 0 Å². The Bertz CT molecular complexity index is 613. The third-order valence-electron chi connectivity index (χ3n) is 4.17. The second-order valence-electron chi connectivity index (χ2n) is 5.53. The van der Waals surface area contributed by atoms with Crippen LogP contribution in [-0.2, 0) is 6.42 Å². The molecular formula is C19H20. The van der Waals surface area contributed by atoms with Crippen LogP contribution in [0.4, 0.5) is 0 Å². The summed E-state index contributed by atoms with van der Waals surface area (Å²) in [6.45, 7) is 2.37. The maximum absolute atomic E-state index is 2.37. The molecule has 0 amide bonds. The van der Waals surface area contributed by atoms with E-state index < -0.39 is 0 Å². The summed E-state index contributed by atoms with van der Waals surface area (Å²) in [5.41, 5.74) is 1.48. The molecule has 0 spiro atoms. The van der Waals surface area contributed by atoms with Crippen molar-refractivity contribution in [2.75, 3.05) is 0 Å². The molecule has 3 rings (SSSR count). The first-order valence-corrected chi connectivity index (χ1v) is 7.14. The van der Waals surface area contributed by atoms with Crippen LogP contribution in [0.1, 0.15) is 18.9 Å². The van der Waals surface area contributed by atoms with Crippen molar-refractivity contribution >= 4 is 10.8 Å². The minimum atomic E-state index is 0.684. The van der Waals surface area contributed by atoms with Crippen molar-refractivity contribution < 1.29 is 0 Å². The molecule has 0 aromatic heterocycles. The van der Waals surface area contributed by atoms with E-state index in [0.29, 0.717) is 11.8 Å². The molecule has 2 aromatic rings. The average molecular weight is 248 g/mol. The molecule has 0 heterocycles. The summed E-state index contributed by atoms with van der Waals surface area (Å²) >= 11 is 0. The summed E-state index contributed by atoms with van der Waals surface area (Å²) in [5.74, 6) is 1.37. The molecule has 0 nitrogen and oxygen atoms in total. The van der Waals surface area contributed by atoms with E-state index in [-0.39, 0.29) is 0 Å². The number of hydrogen-bond donors (Lipinski definition) is 0. The van der Waals surface area contributed by atoms with E-state index in [1.54, 1.807) is 0 Å². The minimum absolute atomic E-state index is 0.684. The summed E-state index contributed by atoms with van der Waals surface area (Å²) in [5, 5.41) is 2.76. The van der Waals surface area contributed by atoms with Crippen molar-refractivity contribution in [3.8, 4) is 0 Å². The molecule has 0 aliphatic heterocycles. The Kier molecular flexibility index (Phi) is 3.50. The van der Waals surface area contributed by atoms with Gasteiger partial charge in [-0.3, -0.25) is 0 Å². The van der Waals surface area contributed by atoms with Crippen LogP contribution < -0.4 is 0 Å². The summed E-state index contributed by atoms with van der Waals surface area (Å²) in [6.07, 6.45) is 11.3. The number of rotatable bonds is 3. The van der Waals surface area contributed by atoms with E-state index in [2.05, 4.69) is 73.7 Å². The second kappa shape index (κ2) is 5.44. The molecule has 0 saturated heterocycles. The molecule has 2 unspecified atom stereocenters. The predicted octanol–water partition coefficient (Wildman–Crippen LogP) is 5.15. The van der Waals surface area contributed by atoms with E-state index in [4.69, 9.17) is 0 Å². The molecule has 0 fully saturated rings. The molecule has 1 aliphatic rings. The maximum atomic E-state index is 2.37. The van der Waals surface area contributed by atoms with Crippen molar-refractivity contribution in [2.45, 2.75) is 19.8 Å². The smallest absolute Gasteiger partial charge is 0.0152 e. The van der Waals surface area contributed by atoms with Gasteiger partial charge in [0, 0.05) is 0 Å². The zero-order chi connectivity index (χ0) is 13.1. The van der Waals surface area contributed by atoms with Crippen LogP contribution in [0.5, 0.6) is 0 Å². The Balaban J connectivity index is 1.85. The van der Waals surface area contributed by atoms with Gasteiger partial charge in [-0.1, -0.05) is 73.7 Å². The van der Waals surface area contributed by atoms with Crippen LogP contribution >= 0.6 is 0 Å². The lowest BCUT2D eigenvalue weighted by Gasteiger charge is -2.22. The fraction of sp³-hybridized carbons (Fsp3) is 0.263. The van der Waals surface area contributed by atoms with Crippen molar-refractivity contribution in [1.29, 1.82) is 0 Å². The van der Waals surface area contributed by atoms with Crippen molar-refractivity contribution in [3.05, 3.63) is 72.3 Å². The normalized spacial score (nSPS) is 19.7. The van der Waals surface area contributed by atoms with Crippen molar-refractivity contribution in [2.24, 2.45) is 11.8 Å². The molecule has 2 atom stereocenters. The Morgan fingerprint density at radius 1 is 1.05 bits per heavy atom. The molecule has 0 N–H and O–H groups in total. The number of benzene rings is 2. The molecule has 1 aliphatic carbocycles. The van der Waals surface area contributed by atoms with Gasteiger partial charge >= 0.3 is 0 Å². The van der Waals surface area contributed by atoms with Gasteiger partial charge in [0.25, 0.3) is 0 Å². The monoisotopic (exact) mass is 248 g/mol. The minimum Gasteiger partial charge on any atom is -0.0840 e. The Labute approximate surface area is 115 Å². The lowest BCUT2D eigenvalue weighted by Crippen LogP contribution is -2.12. The number of allylic oxidation sites excluding steroid dienone is 4. The highest BCUT2D eigenvalue weighted by atomic mass is 14.2. The van der Waals surface area contributed by atoms with Crippen molar-refractivity contribution in [1.82, 2.24) is 0 Å². The molecule has 96 valence electrons. The van der Waals surface area contributed by atoms with Gasteiger partial charge in [-0.2, -0.15) is 0 Å². The fourth-order valence-corrected chi connectivity index (χ4v) is 2.99. The van der Waals surface area contributed by atoms with Gasteiger partial charge in [-0.25, -0.2) is 0 Å². The van der Waals surface area contributed by atoms with E-state index in [9.17, 15) is 0 Å². The van der Waals surface area contributed by atoms with E-state index in [1.165, 1.54) is 22.8 Å². The third kappa shape index (κ3) is 2.63. The lowest BCUT2D eigenvalue weighted by molar-refractivity contribution is 0.428. The van der Waals surface area contributed by atoms with Crippen LogP contribution in [0, 0.1) is 11.8 Å². The quantitative estimate of drug-likeness (QED) is 0.704. The number of hydrogen-bond acceptors (Lipinski definition) is 0. The topological polar surface area (TPSA) is 0 Å². The third-order valence-corrected chi connectivity index (χ3v) is 4.17. The zero-order valence-electron chi connectivity index (χ0n) is 11.4. The first-order valence-electron chi connectivity index (χ1n) is 7.14.